The SMILES string of the molecule is CNc1ccc(-c2ccc3cc(OC[C@H](O)COS(=O)(=O)c4ccc(C)cc4)ccc3n2)cn1. The molecular formula is C25H25N3O5S. The highest BCUT2D eigenvalue weighted by Gasteiger charge is 2.18. The van der Waals surface area contributed by atoms with Crippen molar-refractivity contribution in [2.45, 2.75) is 17.9 Å². The molecule has 0 saturated heterocycles. The summed E-state index contributed by atoms with van der Waals surface area (Å²) >= 11 is 0. The van der Waals surface area contributed by atoms with E-state index >= 15 is 0 Å². The van der Waals surface area contributed by atoms with Gasteiger partial charge in [-0.1, -0.05) is 23.8 Å². The summed E-state index contributed by atoms with van der Waals surface area (Å²) < 4.78 is 35.1. The number of aromatic nitrogens is 2. The average molecular weight is 480 g/mol. The van der Waals surface area contributed by atoms with Gasteiger partial charge in [0.05, 0.1) is 22.7 Å². The summed E-state index contributed by atoms with van der Waals surface area (Å²) in [6.07, 6.45) is 0.643. The summed E-state index contributed by atoms with van der Waals surface area (Å²) in [5.74, 6) is 1.31. The first kappa shape index (κ1) is 23.6. The van der Waals surface area contributed by atoms with Crippen molar-refractivity contribution < 1.29 is 22.4 Å². The van der Waals surface area contributed by atoms with Crippen LogP contribution < -0.4 is 10.1 Å². The number of aryl methyl sites for hydroxylation is 1. The molecule has 4 aromatic rings. The largest absolute Gasteiger partial charge is 0.491 e. The van der Waals surface area contributed by atoms with Crippen molar-refractivity contribution in [3.05, 3.63) is 78.5 Å². The standard InChI is InChI=1S/C25H25N3O5S/c1-17-3-8-22(9-4-17)34(30,31)33-16-20(29)15-32-21-7-11-23-18(13-21)5-10-24(28-23)19-6-12-25(26-2)27-14-19/h3-14,20,29H,15-16H2,1-2H3,(H,26,27)/t20-/m0/s1. The predicted molar refractivity (Wildman–Crippen MR) is 130 cm³/mol. The number of ether oxygens (including phenoxy) is 1. The molecule has 2 aromatic heterocycles. The summed E-state index contributed by atoms with van der Waals surface area (Å²) in [4.78, 5) is 9.04. The number of nitrogens with one attached hydrogen (secondary N) is 1. The van der Waals surface area contributed by atoms with Gasteiger partial charge < -0.3 is 15.2 Å². The maximum absolute atomic E-state index is 12.2. The van der Waals surface area contributed by atoms with Gasteiger partial charge in [-0.25, -0.2) is 9.97 Å². The molecule has 0 aliphatic heterocycles. The number of aliphatic hydroxyl groups excluding tert-OH is 1. The lowest BCUT2D eigenvalue weighted by atomic mass is 10.1. The van der Waals surface area contributed by atoms with Crippen molar-refractivity contribution >= 4 is 26.8 Å². The Morgan fingerprint density at radius 2 is 1.79 bits per heavy atom. The number of nitrogens with zero attached hydrogens (tertiary/aromatic N) is 2. The maximum atomic E-state index is 12.2. The topological polar surface area (TPSA) is 111 Å². The van der Waals surface area contributed by atoms with Crippen LogP contribution in [0.5, 0.6) is 5.75 Å². The van der Waals surface area contributed by atoms with Gasteiger partial charge in [0.25, 0.3) is 10.1 Å². The number of hydrogen-bond acceptors (Lipinski definition) is 8. The second-order valence-electron chi connectivity index (χ2n) is 7.75. The molecule has 0 fully saturated rings. The Morgan fingerprint density at radius 3 is 2.50 bits per heavy atom. The molecule has 0 unspecified atom stereocenters. The predicted octanol–water partition coefficient (Wildman–Crippen LogP) is 3.79. The van der Waals surface area contributed by atoms with Crippen LogP contribution in [-0.2, 0) is 14.3 Å². The van der Waals surface area contributed by atoms with E-state index in [1.165, 1.54) is 12.1 Å². The molecule has 0 aliphatic carbocycles. The van der Waals surface area contributed by atoms with E-state index in [-0.39, 0.29) is 11.5 Å². The van der Waals surface area contributed by atoms with Crippen molar-refractivity contribution in [1.82, 2.24) is 9.97 Å². The number of pyridine rings is 2. The van der Waals surface area contributed by atoms with Crippen LogP contribution in [0.4, 0.5) is 5.82 Å². The highest BCUT2D eigenvalue weighted by molar-refractivity contribution is 7.86. The van der Waals surface area contributed by atoms with Crippen LogP contribution in [0.25, 0.3) is 22.2 Å². The first-order chi connectivity index (χ1) is 16.3. The van der Waals surface area contributed by atoms with Gasteiger partial charge in [0.15, 0.2) is 0 Å². The van der Waals surface area contributed by atoms with E-state index < -0.39 is 22.8 Å². The molecule has 0 bridgehead atoms. The fraction of sp³-hybridized carbons (Fsp3) is 0.200. The third-order valence-corrected chi connectivity index (χ3v) is 6.44. The Labute approximate surface area is 198 Å². The molecule has 9 heteroatoms. The Bertz CT molecular complexity index is 1370. The van der Waals surface area contributed by atoms with Crippen molar-refractivity contribution in [3.8, 4) is 17.0 Å². The molecule has 34 heavy (non-hydrogen) atoms. The number of rotatable bonds is 9. The van der Waals surface area contributed by atoms with E-state index in [0.717, 1.165) is 33.5 Å². The Kier molecular flexibility index (Phi) is 7.06. The third-order valence-electron chi connectivity index (χ3n) is 5.14. The number of anilines is 1. The van der Waals surface area contributed by atoms with E-state index in [4.69, 9.17) is 8.92 Å². The average Bonchev–Trinajstić information content (AvgIpc) is 2.86. The molecule has 4 rings (SSSR count). The van der Waals surface area contributed by atoms with Crippen molar-refractivity contribution in [2.24, 2.45) is 0 Å². The molecule has 2 aromatic carbocycles. The fourth-order valence-corrected chi connectivity index (χ4v) is 4.17. The van der Waals surface area contributed by atoms with E-state index in [1.54, 1.807) is 24.4 Å². The molecule has 0 aliphatic rings. The van der Waals surface area contributed by atoms with Crippen LogP contribution in [0.1, 0.15) is 5.56 Å². The van der Waals surface area contributed by atoms with Gasteiger partial charge in [-0.15, -0.1) is 0 Å². The van der Waals surface area contributed by atoms with Gasteiger partial charge in [0.1, 0.15) is 24.3 Å². The second kappa shape index (κ2) is 10.2. The van der Waals surface area contributed by atoms with Gasteiger partial charge in [-0.2, -0.15) is 8.42 Å². The monoisotopic (exact) mass is 479 g/mol. The quantitative estimate of drug-likeness (QED) is 0.349. The summed E-state index contributed by atoms with van der Waals surface area (Å²) in [7, 11) is -2.13. The van der Waals surface area contributed by atoms with Gasteiger partial charge >= 0.3 is 0 Å². The van der Waals surface area contributed by atoms with Gasteiger partial charge in [-0.3, -0.25) is 4.18 Å². The molecule has 2 N–H and O–H groups in total. The third kappa shape index (κ3) is 5.69. The summed E-state index contributed by atoms with van der Waals surface area (Å²) in [6.45, 7) is 1.33. The summed E-state index contributed by atoms with van der Waals surface area (Å²) in [5.41, 5.74) is 3.44. The van der Waals surface area contributed by atoms with Crippen LogP contribution in [-0.4, -0.2) is 49.9 Å². The second-order valence-corrected chi connectivity index (χ2v) is 9.36. The zero-order valence-corrected chi connectivity index (χ0v) is 19.6. The Morgan fingerprint density at radius 1 is 1.00 bits per heavy atom. The molecule has 8 nitrogen and oxygen atoms in total. The number of hydrogen-bond donors (Lipinski definition) is 2. The van der Waals surface area contributed by atoms with Crippen LogP contribution in [0.2, 0.25) is 0 Å². The normalized spacial score (nSPS) is 12.4. The minimum atomic E-state index is -3.95. The van der Waals surface area contributed by atoms with Gasteiger partial charge in [0, 0.05) is 24.2 Å². The molecule has 2 heterocycles. The van der Waals surface area contributed by atoms with Crippen molar-refractivity contribution in [3.63, 3.8) is 0 Å². The zero-order chi connectivity index (χ0) is 24.1. The summed E-state index contributed by atoms with van der Waals surface area (Å²) in [6, 6.07) is 19.4. The van der Waals surface area contributed by atoms with Crippen molar-refractivity contribution in [2.75, 3.05) is 25.6 Å². The first-order valence-electron chi connectivity index (χ1n) is 10.7. The first-order valence-corrected chi connectivity index (χ1v) is 12.1. The van der Waals surface area contributed by atoms with Crippen LogP contribution in [0.15, 0.2) is 77.8 Å². The molecule has 1 atom stereocenters. The molecule has 176 valence electrons. The number of benzene rings is 2. The Balaban J connectivity index is 1.36. The Hall–Kier alpha value is -3.53. The molecule has 0 spiro atoms. The summed E-state index contributed by atoms with van der Waals surface area (Å²) in [5, 5.41) is 14.0. The van der Waals surface area contributed by atoms with E-state index in [0.29, 0.717) is 5.75 Å². The fourth-order valence-electron chi connectivity index (χ4n) is 3.23. The van der Waals surface area contributed by atoms with E-state index in [9.17, 15) is 13.5 Å². The highest BCUT2D eigenvalue weighted by atomic mass is 32.2. The molecule has 0 saturated carbocycles. The lowest BCUT2D eigenvalue weighted by Gasteiger charge is -2.13. The highest BCUT2D eigenvalue weighted by Crippen LogP contribution is 2.24. The van der Waals surface area contributed by atoms with Crippen molar-refractivity contribution in [1.29, 1.82) is 0 Å². The minimum Gasteiger partial charge on any atom is -0.491 e. The van der Waals surface area contributed by atoms with Crippen LogP contribution >= 0.6 is 0 Å². The number of aliphatic hydroxyl groups is 1. The maximum Gasteiger partial charge on any atom is 0.297 e. The minimum absolute atomic E-state index is 0.0429. The lowest BCUT2D eigenvalue weighted by molar-refractivity contribution is 0.0649. The van der Waals surface area contributed by atoms with Crippen LogP contribution in [0.3, 0.4) is 0 Å². The van der Waals surface area contributed by atoms with Gasteiger partial charge in [-0.05, 0) is 55.5 Å². The molecule has 0 radical (unpaired) electrons. The van der Waals surface area contributed by atoms with Crippen LogP contribution in [0, 0.1) is 6.92 Å². The van der Waals surface area contributed by atoms with Gasteiger partial charge in [0.2, 0.25) is 0 Å². The van der Waals surface area contributed by atoms with E-state index in [1.807, 2.05) is 50.4 Å². The molecular weight excluding hydrogens is 454 g/mol. The van der Waals surface area contributed by atoms with E-state index in [2.05, 4.69) is 15.3 Å². The molecule has 0 amide bonds. The zero-order valence-electron chi connectivity index (χ0n) is 18.8. The lowest BCUT2D eigenvalue weighted by Crippen LogP contribution is -2.25. The number of fused-ring (bicyclic) bond motifs is 1. The smallest absolute Gasteiger partial charge is 0.297 e.